The molecule has 0 atom stereocenters. The van der Waals surface area contributed by atoms with E-state index in [0.717, 1.165) is 45.2 Å². The van der Waals surface area contributed by atoms with E-state index >= 15 is 0 Å². The van der Waals surface area contributed by atoms with E-state index in [1.54, 1.807) is 0 Å². The number of aliphatic carboxylic acids is 1. The van der Waals surface area contributed by atoms with Gasteiger partial charge in [0.2, 0.25) is 5.91 Å². The number of likely N-dealkylation sites (tertiary alicyclic amines) is 1. The Bertz CT molecular complexity index is 372. The van der Waals surface area contributed by atoms with Gasteiger partial charge in [-0.15, -0.1) is 0 Å². The lowest BCUT2D eigenvalue weighted by Crippen LogP contribution is -2.48. The topological polar surface area (TPSA) is 95.7 Å². The molecule has 0 aromatic rings. The van der Waals surface area contributed by atoms with E-state index in [-0.39, 0.29) is 18.5 Å². The standard InChI is InChI=1S/C15H27N3O3/c16-12-4-8-18(9-5-12)10-13(19)17-11-15(14(20)21)6-2-1-3-7-15/h12H,1-11,16H2,(H,17,19)(H,20,21). The predicted molar refractivity (Wildman–Crippen MR) is 79.8 cm³/mol. The van der Waals surface area contributed by atoms with E-state index in [9.17, 15) is 14.7 Å². The second-order valence-electron chi connectivity index (χ2n) is 6.54. The van der Waals surface area contributed by atoms with Crippen LogP contribution in [-0.2, 0) is 9.59 Å². The van der Waals surface area contributed by atoms with Gasteiger partial charge in [-0.2, -0.15) is 0 Å². The molecule has 0 radical (unpaired) electrons. The highest BCUT2D eigenvalue weighted by molar-refractivity contribution is 5.80. The number of piperidine rings is 1. The largest absolute Gasteiger partial charge is 0.481 e. The summed E-state index contributed by atoms with van der Waals surface area (Å²) in [5.41, 5.74) is 5.09. The Morgan fingerprint density at radius 1 is 1.19 bits per heavy atom. The summed E-state index contributed by atoms with van der Waals surface area (Å²) in [6.07, 6.45) is 6.15. The van der Waals surface area contributed by atoms with Crippen molar-refractivity contribution in [2.45, 2.75) is 51.0 Å². The Morgan fingerprint density at radius 2 is 1.81 bits per heavy atom. The van der Waals surface area contributed by atoms with Crippen molar-refractivity contribution in [2.24, 2.45) is 11.1 Å². The first-order chi connectivity index (χ1) is 10.0. The summed E-state index contributed by atoms with van der Waals surface area (Å²) >= 11 is 0. The maximum Gasteiger partial charge on any atom is 0.311 e. The number of hydrogen-bond donors (Lipinski definition) is 3. The lowest BCUT2D eigenvalue weighted by Gasteiger charge is -2.34. The van der Waals surface area contributed by atoms with Crippen LogP contribution in [-0.4, -0.2) is 54.1 Å². The summed E-state index contributed by atoms with van der Waals surface area (Å²) in [6, 6.07) is 0.252. The first-order valence-electron chi connectivity index (χ1n) is 8.00. The SMILES string of the molecule is NC1CCN(CC(=O)NCC2(C(=O)O)CCCCC2)CC1. The minimum Gasteiger partial charge on any atom is -0.481 e. The number of amides is 1. The first-order valence-corrected chi connectivity index (χ1v) is 8.00. The van der Waals surface area contributed by atoms with Crippen LogP contribution in [0.25, 0.3) is 0 Å². The summed E-state index contributed by atoms with van der Waals surface area (Å²) in [5, 5.41) is 12.3. The minimum atomic E-state index is -0.772. The summed E-state index contributed by atoms with van der Waals surface area (Å²) in [6.45, 7) is 2.30. The van der Waals surface area contributed by atoms with Crippen LogP contribution in [0.2, 0.25) is 0 Å². The van der Waals surface area contributed by atoms with Crippen molar-refractivity contribution in [1.82, 2.24) is 10.2 Å². The van der Waals surface area contributed by atoms with E-state index in [4.69, 9.17) is 5.73 Å². The zero-order chi connectivity index (χ0) is 15.3. The van der Waals surface area contributed by atoms with Gasteiger partial charge in [0.15, 0.2) is 0 Å². The Labute approximate surface area is 126 Å². The van der Waals surface area contributed by atoms with Crippen LogP contribution in [0, 0.1) is 5.41 Å². The van der Waals surface area contributed by atoms with Crippen molar-refractivity contribution < 1.29 is 14.7 Å². The summed E-state index contributed by atoms with van der Waals surface area (Å²) in [5.74, 6) is -0.844. The number of carboxylic acids is 1. The third-order valence-electron chi connectivity index (χ3n) is 4.89. The summed E-state index contributed by atoms with van der Waals surface area (Å²) in [7, 11) is 0. The molecule has 0 bridgehead atoms. The minimum absolute atomic E-state index is 0.0725. The van der Waals surface area contributed by atoms with Crippen molar-refractivity contribution in [1.29, 1.82) is 0 Å². The molecule has 0 unspecified atom stereocenters. The van der Waals surface area contributed by atoms with Crippen molar-refractivity contribution >= 4 is 11.9 Å². The second kappa shape index (κ2) is 7.22. The van der Waals surface area contributed by atoms with Crippen LogP contribution in [0.15, 0.2) is 0 Å². The molecule has 4 N–H and O–H groups in total. The van der Waals surface area contributed by atoms with Gasteiger partial charge >= 0.3 is 5.97 Å². The van der Waals surface area contributed by atoms with Gasteiger partial charge in [-0.25, -0.2) is 0 Å². The van der Waals surface area contributed by atoms with Gasteiger partial charge < -0.3 is 16.2 Å². The molecule has 2 rings (SSSR count). The van der Waals surface area contributed by atoms with Crippen LogP contribution in [0.4, 0.5) is 0 Å². The molecular formula is C15H27N3O3. The lowest BCUT2D eigenvalue weighted by atomic mass is 9.74. The number of nitrogens with two attached hydrogens (primary N) is 1. The van der Waals surface area contributed by atoms with E-state index in [1.165, 1.54) is 0 Å². The molecule has 1 aliphatic heterocycles. The van der Waals surface area contributed by atoms with Crippen LogP contribution in [0.5, 0.6) is 0 Å². The number of carbonyl (C=O) groups excluding carboxylic acids is 1. The Kier molecular flexibility index (Phi) is 5.58. The number of carbonyl (C=O) groups is 2. The highest BCUT2D eigenvalue weighted by atomic mass is 16.4. The van der Waals surface area contributed by atoms with Crippen LogP contribution in [0.1, 0.15) is 44.9 Å². The maximum atomic E-state index is 12.0. The van der Waals surface area contributed by atoms with Crippen molar-refractivity contribution in [2.75, 3.05) is 26.2 Å². The molecule has 6 nitrogen and oxygen atoms in total. The monoisotopic (exact) mass is 297 g/mol. The molecule has 1 saturated carbocycles. The number of hydrogen-bond acceptors (Lipinski definition) is 4. The molecule has 1 heterocycles. The molecule has 1 aliphatic carbocycles. The zero-order valence-corrected chi connectivity index (χ0v) is 12.6. The van der Waals surface area contributed by atoms with Crippen LogP contribution >= 0.6 is 0 Å². The van der Waals surface area contributed by atoms with Gasteiger partial charge in [0.1, 0.15) is 0 Å². The molecule has 0 spiro atoms. The predicted octanol–water partition coefficient (Wildman–Crippen LogP) is 0.561. The molecule has 21 heavy (non-hydrogen) atoms. The van der Waals surface area contributed by atoms with Gasteiger partial charge in [0.05, 0.1) is 12.0 Å². The smallest absolute Gasteiger partial charge is 0.311 e. The maximum absolute atomic E-state index is 12.0. The first kappa shape index (κ1) is 16.2. The van der Waals surface area contributed by atoms with Gasteiger partial charge in [-0.05, 0) is 25.7 Å². The van der Waals surface area contributed by atoms with Crippen molar-refractivity contribution in [3.8, 4) is 0 Å². The summed E-state index contributed by atoms with van der Waals surface area (Å²) in [4.78, 5) is 25.7. The Morgan fingerprint density at radius 3 is 2.38 bits per heavy atom. The van der Waals surface area contributed by atoms with Crippen molar-refractivity contribution in [3.63, 3.8) is 0 Å². The number of nitrogens with zero attached hydrogens (tertiary/aromatic N) is 1. The quantitative estimate of drug-likeness (QED) is 0.689. The second-order valence-corrected chi connectivity index (χ2v) is 6.54. The van der Waals surface area contributed by atoms with E-state index in [1.807, 2.05) is 0 Å². The van der Waals surface area contributed by atoms with Gasteiger partial charge in [0, 0.05) is 25.7 Å². The fraction of sp³-hybridized carbons (Fsp3) is 0.867. The van der Waals surface area contributed by atoms with E-state index < -0.39 is 11.4 Å². The molecule has 0 aromatic heterocycles. The normalized spacial score (nSPS) is 23.7. The molecule has 2 fully saturated rings. The molecule has 0 aromatic carbocycles. The third-order valence-corrected chi connectivity index (χ3v) is 4.89. The number of nitrogens with one attached hydrogen (secondary N) is 1. The molecule has 120 valence electrons. The molecule has 2 aliphatic rings. The number of carboxylic acid groups (broad SMARTS) is 1. The average Bonchev–Trinajstić information content (AvgIpc) is 2.48. The van der Waals surface area contributed by atoms with Crippen molar-refractivity contribution in [3.05, 3.63) is 0 Å². The summed E-state index contributed by atoms with van der Waals surface area (Å²) < 4.78 is 0. The zero-order valence-electron chi connectivity index (χ0n) is 12.6. The molecular weight excluding hydrogens is 270 g/mol. The fourth-order valence-electron chi connectivity index (χ4n) is 3.33. The Balaban J connectivity index is 1.78. The fourth-order valence-corrected chi connectivity index (χ4v) is 3.33. The average molecular weight is 297 g/mol. The number of rotatable bonds is 5. The third kappa shape index (κ3) is 4.41. The molecule has 6 heteroatoms. The van der Waals surface area contributed by atoms with Gasteiger partial charge in [-0.3, -0.25) is 14.5 Å². The lowest BCUT2D eigenvalue weighted by molar-refractivity contribution is -0.151. The molecule has 1 saturated heterocycles. The highest BCUT2D eigenvalue weighted by Gasteiger charge is 2.39. The van der Waals surface area contributed by atoms with Crippen LogP contribution in [0.3, 0.4) is 0 Å². The van der Waals surface area contributed by atoms with Gasteiger partial charge in [0.25, 0.3) is 0 Å². The molecule has 1 amide bonds. The van der Waals surface area contributed by atoms with Crippen LogP contribution < -0.4 is 11.1 Å². The van der Waals surface area contributed by atoms with E-state index in [0.29, 0.717) is 19.4 Å². The Hall–Kier alpha value is -1.14. The van der Waals surface area contributed by atoms with Gasteiger partial charge in [-0.1, -0.05) is 19.3 Å². The van der Waals surface area contributed by atoms with E-state index in [2.05, 4.69) is 10.2 Å². The highest BCUT2D eigenvalue weighted by Crippen LogP contribution is 2.35.